The summed E-state index contributed by atoms with van der Waals surface area (Å²) in [7, 11) is 0. The Labute approximate surface area is 195 Å². The van der Waals surface area contributed by atoms with Crippen LogP contribution in [0.15, 0.2) is 0 Å². The van der Waals surface area contributed by atoms with E-state index in [4.69, 9.17) is 21.7 Å². The van der Waals surface area contributed by atoms with Gasteiger partial charge in [0.15, 0.2) is 0 Å². The third-order valence-electron chi connectivity index (χ3n) is 4.33. The number of thioether (sulfide) groups is 1. The molecule has 0 aliphatic heterocycles. The number of amides is 4. The van der Waals surface area contributed by atoms with Gasteiger partial charge < -0.3 is 37.6 Å². The van der Waals surface area contributed by atoms with Crippen molar-refractivity contribution in [1.82, 2.24) is 16.0 Å². The van der Waals surface area contributed by atoms with Gasteiger partial charge in [0.1, 0.15) is 18.1 Å². The molecule has 13 nitrogen and oxygen atoms in total. The van der Waals surface area contributed by atoms with Crippen molar-refractivity contribution in [3.8, 4) is 0 Å². The van der Waals surface area contributed by atoms with Crippen molar-refractivity contribution in [3.05, 3.63) is 0 Å². The van der Waals surface area contributed by atoms with Crippen molar-refractivity contribution in [1.29, 1.82) is 0 Å². The summed E-state index contributed by atoms with van der Waals surface area (Å²) in [5.41, 5.74) is 10.7. The molecule has 0 aliphatic carbocycles. The SMILES string of the molecule is CSCCC(NC(=O)C(CC(C)C)NC(=O)C(N)CC(N)=O)C(=O)NC(CC(=O)O)C(=O)O. The minimum Gasteiger partial charge on any atom is -0.481 e. The molecule has 0 aliphatic rings. The Balaban J connectivity index is 5.49. The quantitative estimate of drug-likeness (QED) is 0.125. The molecule has 0 radical (unpaired) electrons. The van der Waals surface area contributed by atoms with Crippen LogP contribution in [0.25, 0.3) is 0 Å². The Morgan fingerprint density at radius 1 is 0.848 bits per heavy atom. The number of hydrogen-bond acceptors (Lipinski definition) is 8. The third kappa shape index (κ3) is 12.7. The van der Waals surface area contributed by atoms with Crippen LogP contribution in [-0.4, -0.2) is 82.0 Å². The highest BCUT2D eigenvalue weighted by molar-refractivity contribution is 7.98. The van der Waals surface area contributed by atoms with E-state index in [0.29, 0.717) is 5.75 Å². The van der Waals surface area contributed by atoms with Gasteiger partial charge >= 0.3 is 11.9 Å². The monoisotopic (exact) mass is 491 g/mol. The van der Waals surface area contributed by atoms with Crippen LogP contribution in [0.3, 0.4) is 0 Å². The normalized spacial score (nSPS) is 14.5. The average molecular weight is 492 g/mol. The van der Waals surface area contributed by atoms with Gasteiger partial charge in [0.05, 0.1) is 18.9 Å². The van der Waals surface area contributed by atoms with Gasteiger partial charge in [-0.2, -0.15) is 11.8 Å². The predicted octanol–water partition coefficient (Wildman–Crippen LogP) is -2.00. The summed E-state index contributed by atoms with van der Waals surface area (Å²) in [5.74, 6) is -5.70. The van der Waals surface area contributed by atoms with E-state index in [1.807, 2.05) is 0 Å². The summed E-state index contributed by atoms with van der Waals surface area (Å²) in [5, 5.41) is 25.0. The van der Waals surface area contributed by atoms with Crippen molar-refractivity contribution in [2.24, 2.45) is 17.4 Å². The van der Waals surface area contributed by atoms with E-state index in [0.717, 1.165) is 0 Å². The van der Waals surface area contributed by atoms with E-state index in [2.05, 4.69) is 16.0 Å². The lowest BCUT2D eigenvalue weighted by Crippen LogP contribution is -2.57. The number of nitrogens with two attached hydrogens (primary N) is 2. The second-order valence-corrected chi connectivity index (χ2v) is 8.79. The van der Waals surface area contributed by atoms with Crippen molar-refractivity contribution in [3.63, 3.8) is 0 Å². The van der Waals surface area contributed by atoms with Crippen LogP contribution in [0.1, 0.15) is 39.5 Å². The lowest BCUT2D eigenvalue weighted by molar-refractivity contribution is -0.147. The molecule has 0 fully saturated rings. The molecule has 14 heteroatoms. The maximum atomic E-state index is 12.9. The number of carboxylic acids is 2. The summed E-state index contributed by atoms with van der Waals surface area (Å²) in [6.45, 7) is 3.61. The van der Waals surface area contributed by atoms with Gasteiger partial charge in [-0.1, -0.05) is 13.8 Å². The van der Waals surface area contributed by atoms with Gasteiger partial charge in [-0.3, -0.25) is 24.0 Å². The van der Waals surface area contributed by atoms with Gasteiger partial charge in [-0.25, -0.2) is 4.79 Å². The molecule has 4 amide bonds. The minimum absolute atomic E-state index is 0.0427. The van der Waals surface area contributed by atoms with Crippen LogP contribution in [0, 0.1) is 5.92 Å². The molecule has 33 heavy (non-hydrogen) atoms. The lowest BCUT2D eigenvalue weighted by atomic mass is 10.0. The number of carbonyl (C=O) groups excluding carboxylic acids is 4. The van der Waals surface area contributed by atoms with E-state index in [9.17, 15) is 28.8 Å². The van der Waals surface area contributed by atoms with Crippen molar-refractivity contribution >= 4 is 47.3 Å². The van der Waals surface area contributed by atoms with E-state index in [1.165, 1.54) is 11.8 Å². The van der Waals surface area contributed by atoms with E-state index < -0.39 is 72.6 Å². The Bertz CT molecular complexity index is 733. The summed E-state index contributed by atoms with van der Waals surface area (Å²) in [6, 6.07) is -5.20. The summed E-state index contributed by atoms with van der Waals surface area (Å²) < 4.78 is 0. The van der Waals surface area contributed by atoms with E-state index in [-0.39, 0.29) is 18.8 Å². The first kappa shape index (κ1) is 30.1. The Morgan fingerprint density at radius 2 is 1.36 bits per heavy atom. The number of hydrogen-bond donors (Lipinski definition) is 7. The number of aliphatic carboxylic acids is 2. The standard InChI is InChI=1S/C19H33N5O8S/c1-9(2)6-12(23-16(28)10(20)7-14(21)25)18(30)22-11(4-5-33-3)17(29)24-13(19(31)32)8-15(26)27/h9-13H,4-8,20H2,1-3H3,(H2,21,25)(H,22,30)(H,23,28)(H,24,29)(H,26,27)(H,31,32). The summed E-state index contributed by atoms with van der Waals surface area (Å²) in [6.07, 6.45) is 0.828. The minimum atomic E-state index is -1.68. The number of rotatable bonds is 16. The topological polar surface area (TPSA) is 231 Å². The summed E-state index contributed by atoms with van der Waals surface area (Å²) in [4.78, 5) is 70.9. The molecule has 0 bridgehead atoms. The highest BCUT2D eigenvalue weighted by Gasteiger charge is 2.31. The fourth-order valence-electron chi connectivity index (χ4n) is 2.71. The van der Waals surface area contributed by atoms with Gasteiger partial charge in [-0.05, 0) is 30.8 Å². The molecular formula is C19H33N5O8S. The van der Waals surface area contributed by atoms with Gasteiger partial charge in [0, 0.05) is 0 Å². The molecule has 188 valence electrons. The molecule has 0 rings (SSSR count). The van der Waals surface area contributed by atoms with Crippen LogP contribution >= 0.6 is 11.8 Å². The van der Waals surface area contributed by atoms with Crippen molar-refractivity contribution in [2.45, 2.75) is 63.7 Å². The smallest absolute Gasteiger partial charge is 0.326 e. The Hall–Kier alpha value is -2.87. The number of primary amides is 1. The molecule has 0 aromatic carbocycles. The van der Waals surface area contributed by atoms with Crippen LogP contribution in [-0.2, 0) is 28.8 Å². The maximum Gasteiger partial charge on any atom is 0.326 e. The van der Waals surface area contributed by atoms with Crippen molar-refractivity contribution < 1.29 is 39.0 Å². The molecule has 0 aromatic heterocycles. The first-order valence-electron chi connectivity index (χ1n) is 10.2. The molecule has 0 aromatic rings. The third-order valence-corrected chi connectivity index (χ3v) is 4.98. The van der Waals surface area contributed by atoms with Crippen LogP contribution < -0.4 is 27.4 Å². The number of carboxylic acid groups (broad SMARTS) is 2. The zero-order valence-electron chi connectivity index (χ0n) is 18.8. The van der Waals surface area contributed by atoms with Crippen LogP contribution in [0.5, 0.6) is 0 Å². The second kappa shape index (κ2) is 15.1. The van der Waals surface area contributed by atoms with E-state index >= 15 is 0 Å². The molecule has 0 heterocycles. The number of nitrogens with one attached hydrogen (secondary N) is 3. The van der Waals surface area contributed by atoms with Gasteiger partial charge in [0.25, 0.3) is 0 Å². The highest BCUT2D eigenvalue weighted by Crippen LogP contribution is 2.08. The molecule has 0 spiro atoms. The van der Waals surface area contributed by atoms with Crippen LogP contribution in [0.2, 0.25) is 0 Å². The summed E-state index contributed by atoms with van der Waals surface area (Å²) >= 11 is 1.38. The first-order valence-corrected chi connectivity index (χ1v) is 11.6. The van der Waals surface area contributed by atoms with Gasteiger partial charge in [0.2, 0.25) is 23.6 Å². The highest BCUT2D eigenvalue weighted by atomic mass is 32.2. The Morgan fingerprint density at radius 3 is 1.82 bits per heavy atom. The fourth-order valence-corrected chi connectivity index (χ4v) is 3.19. The zero-order chi connectivity index (χ0) is 25.7. The molecular weight excluding hydrogens is 458 g/mol. The number of carbonyl (C=O) groups is 6. The largest absolute Gasteiger partial charge is 0.481 e. The first-order chi connectivity index (χ1) is 15.3. The lowest BCUT2D eigenvalue weighted by Gasteiger charge is -2.25. The molecule has 4 atom stereocenters. The van der Waals surface area contributed by atoms with Crippen LogP contribution in [0.4, 0.5) is 0 Å². The van der Waals surface area contributed by atoms with Gasteiger partial charge in [-0.15, -0.1) is 0 Å². The molecule has 4 unspecified atom stereocenters. The Kier molecular flexibility index (Phi) is 13.7. The molecule has 9 N–H and O–H groups in total. The van der Waals surface area contributed by atoms with E-state index in [1.54, 1.807) is 20.1 Å². The molecule has 0 saturated heterocycles. The predicted molar refractivity (Wildman–Crippen MR) is 120 cm³/mol. The molecule has 0 saturated carbocycles. The second-order valence-electron chi connectivity index (χ2n) is 7.81. The maximum absolute atomic E-state index is 12.9. The fraction of sp³-hybridized carbons (Fsp3) is 0.684. The average Bonchev–Trinajstić information content (AvgIpc) is 2.68. The zero-order valence-corrected chi connectivity index (χ0v) is 19.6. The van der Waals surface area contributed by atoms with Crippen molar-refractivity contribution in [2.75, 3.05) is 12.0 Å².